The molecule has 112 valence electrons. The number of hydrogen-bond donors (Lipinski definition) is 1. The maximum absolute atomic E-state index is 13.3. The summed E-state index contributed by atoms with van der Waals surface area (Å²) in [5.74, 6) is 0.599. The monoisotopic (exact) mass is 351 g/mol. The quantitative estimate of drug-likeness (QED) is 0.762. The van der Waals surface area contributed by atoms with Crippen molar-refractivity contribution in [3.05, 3.63) is 58.3 Å². The van der Waals surface area contributed by atoms with Gasteiger partial charge in [-0.15, -0.1) is 0 Å². The molecule has 0 spiro atoms. The van der Waals surface area contributed by atoms with Crippen molar-refractivity contribution in [2.75, 3.05) is 5.32 Å². The van der Waals surface area contributed by atoms with Crippen LogP contribution in [0.2, 0.25) is 0 Å². The van der Waals surface area contributed by atoms with Gasteiger partial charge in [0.2, 0.25) is 0 Å². The van der Waals surface area contributed by atoms with E-state index >= 15 is 0 Å². The maximum atomic E-state index is 13.3. The van der Waals surface area contributed by atoms with E-state index in [-0.39, 0.29) is 18.0 Å². The largest absolute Gasteiger partial charge is 0.491 e. The topological polar surface area (TPSA) is 21.3 Å². The van der Waals surface area contributed by atoms with Crippen molar-refractivity contribution in [2.45, 2.75) is 32.9 Å². The van der Waals surface area contributed by atoms with Gasteiger partial charge >= 0.3 is 0 Å². The van der Waals surface area contributed by atoms with E-state index in [1.165, 1.54) is 12.1 Å². The molecule has 0 aliphatic heterocycles. The Hall–Kier alpha value is -1.55. The zero-order valence-corrected chi connectivity index (χ0v) is 13.9. The summed E-state index contributed by atoms with van der Waals surface area (Å²) in [4.78, 5) is 0. The zero-order chi connectivity index (χ0) is 15.4. The van der Waals surface area contributed by atoms with Crippen LogP contribution in [0.25, 0.3) is 0 Å². The van der Waals surface area contributed by atoms with Gasteiger partial charge in [-0.05, 0) is 72.6 Å². The van der Waals surface area contributed by atoms with Crippen molar-refractivity contribution >= 4 is 21.6 Å². The molecule has 2 aromatic rings. The number of hydrogen-bond acceptors (Lipinski definition) is 2. The number of ether oxygens (including phenoxy) is 1. The lowest BCUT2D eigenvalue weighted by molar-refractivity contribution is 0.242. The molecule has 0 fully saturated rings. The molecule has 21 heavy (non-hydrogen) atoms. The predicted octanol–water partition coefficient (Wildman–Crippen LogP) is 5.55. The van der Waals surface area contributed by atoms with Crippen LogP contribution in [0, 0.1) is 5.82 Å². The lowest BCUT2D eigenvalue weighted by Crippen LogP contribution is -2.08. The Balaban J connectivity index is 2.09. The third kappa shape index (κ3) is 4.46. The van der Waals surface area contributed by atoms with Gasteiger partial charge in [0.1, 0.15) is 11.6 Å². The van der Waals surface area contributed by atoms with Crippen molar-refractivity contribution in [1.29, 1.82) is 0 Å². The van der Waals surface area contributed by atoms with Crippen molar-refractivity contribution in [3.8, 4) is 5.75 Å². The van der Waals surface area contributed by atoms with Gasteiger partial charge in [0.05, 0.1) is 11.8 Å². The average Bonchev–Trinajstić information content (AvgIpc) is 2.43. The molecule has 0 radical (unpaired) electrons. The average molecular weight is 352 g/mol. The highest BCUT2D eigenvalue weighted by molar-refractivity contribution is 9.10. The molecule has 0 amide bonds. The maximum Gasteiger partial charge on any atom is 0.125 e. The Bertz CT molecular complexity index is 598. The van der Waals surface area contributed by atoms with E-state index in [2.05, 4.69) is 21.2 Å². The Morgan fingerprint density at radius 3 is 2.33 bits per heavy atom. The van der Waals surface area contributed by atoms with Crippen LogP contribution in [0.15, 0.2) is 46.9 Å². The fraction of sp³-hybridized carbons (Fsp3) is 0.294. The second-order valence-corrected chi connectivity index (χ2v) is 6.08. The molecule has 2 aromatic carbocycles. The lowest BCUT2D eigenvalue weighted by Gasteiger charge is -2.18. The Morgan fingerprint density at radius 2 is 1.71 bits per heavy atom. The van der Waals surface area contributed by atoms with Crippen LogP contribution in [-0.4, -0.2) is 6.10 Å². The molecule has 1 N–H and O–H groups in total. The normalized spacial score (nSPS) is 12.3. The molecular formula is C17H19BrFNO. The van der Waals surface area contributed by atoms with Gasteiger partial charge in [-0.1, -0.05) is 12.1 Å². The molecule has 0 saturated heterocycles. The van der Waals surface area contributed by atoms with E-state index in [0.717, 1.165) is 21.5 Å². The van der Waals surface area contributed by atoms with Crippen molar-refractivity contribution < 1.29 is 9.13 Å². The van der Waals surface area contributed by atoms with Crippen LogP contribution in [0.5, 0.6) is 5.75 Å². The Morgan fingerprint density at radius 1 is 1.05 bits per heavy atom. The second-order valence-electron chi connectivity index (χ2n) is 5.23. The molecule has 1 atom stereocenters. The van der Waals surface area contributed by atoms with E-state index in [4.69, 9.17) is 4.74 Å². The minimum Gasteiger partial charge on any atom is -0.491 e. The van der Waals surface area contributed by atoms with Gasteiger partial charge in [-0.25, -0.2) is 4.39 Å². The van der Waals surface area contributed by atoms with E-state index in [0.29, 0.717) is 0 Å². The van der Waals surface area contributed by atoms with Crippen molar-refractivity contribution in [3.63, 3.8) is 0 Å². The predicted molar refractivity (Wildman–Crippen MR) is 88.3 cm³/mol. The number of halogens is 2. The van der Waals surface area contributed by atoms with Crippen LogP contribution >= 0.6 is 15.9 Å². The molecule has 0 heterocycles. The van der Waals surface area contributed by atoms with Crippen LogP contribution < -0.4 is 10.1 Å². The standard InChI is InChI=1S/C17H19BrFNO/c1-11(2)21-15-7-4-13(5-8-15)12(3)20-17-10-14(19)6-9-16(17)18/h4-12,20H,1-3H3. The van der Waals surface area contributed by atoms with Crippen molar-refractivity contribution in [2.24, 2.45) is 0 Å². The Kier molecular flexibility index (Phi) is 5.23. The smallest absolute Gasteiger partial charge is 0.125 e. The highest BCUT2D eigenvalue weighted by Crippen LogP contribution is 2.28. The highest BCUT2D eigenvalue weighted by atomic mass is 79.9. The summed E-state index contributed by atoms with van der Waals surface area (Å²) >= 11 is 3.42. The molecule has 1 unspecified atom stereocenters. The van der Waals surface area contributed by atoms with Gasteiger partial charge < -0.3 is 10.1 Å². The lowest BCUT2D eigenvalue weighted by atomic mass is 10.1. The van der Waals surface area contributed by atoms with Crippen LogP contribution in [0.3, 0.4) is 0 Å². The SMILES string of the molecule is CC(C)Oc1ccc(C(C)Nc2cc(F)ccc2Br)cc1. The summed E-state index contributed by atoms with van der Waals surface area (Å²) in [6.45, 7) is 6.04. The summed E-state index contributed by atoms with van der Waals surface area (Å²) in [5, 5.41) is 3.30. The van der Waals surface area contributed by atoms with Gasteiger partial charge in [-0.2, -0.15) is 0 Å². The summed E-state index contributed by atoms with van der Waals surface area (Å²) in [5.41, 5.74) is 1.85. The fourth-order valence-corrected chi connectivity index (χ4v) is 2.39. The van der Waals surface area contributed by atoms with E-state index in [1.807, 2.05) is 45.0 Å². The second kappa shape index (κ2) is 6.94. The first kappa shape index (κ1) is 15.8. The molecule has 4 heteroatoms. The summed E-state index contributed by atoms with van der Waals surface area (Å²) in [6.07, 6.45) is 0.162. The van der Waals surface area contributed by atoms with E-state index in [1.54, 1.807) is 6.07 Å². The zero-order valence-electron chi connectivity index (χ0n) is 12.4. The molecule has 0 aliphatic rings. The molecule has 2 nitrogen and oxygen atoms in total. The minimum atomic E-state index is -0.256. The van der Waals surface area contributed by atoms with E-state index in [9.17, 15) is 4.39 Å². The summed E-state index contributed by atoms with van der Waals surface area (Å²) in [6, 6.07) is 12.6. The van der Waals surface area contributed by atoms with Gasteiger partial charge in [-0.3, -0.25) is 0 Å². The molecular weight excluding hydrogens is 333 g/mol. The first-order valence-corrected chi connectivity index (χ1v) is 7.73. The number of anilines is 1. The highest BCUT2D eigenvalue weighted by Gasteiger charge is 2.09. The number of benzene rings is 2. The third-order valence-electron chi connectivity index (χ3n) is 3.05. The minimum absolute atomic E-state index is 0.0659. The van der Waals surface area contributed by atoms with Crippen molar-refractivity contribution in [1.82, 2.24) is 0 Å². The van der Waals surface area contributed by atoms with Crippen LogP contribution in [0.4, 0.5) is 10.1 Å². The van der Waals surface area contributed by atoms with Crippen LogP contribution in [0.1, 0.15) is 32.4 Å². The van der Waals surface area contributed by atoms with Gasteiger partial charge in [0.25, 0.3) is 0 Å². The van der Waals surface area contributed by atoms with Gasteiger partial charge in [0, 0.05) is 10.5 Å². The molecule has 0 bridgehead atoms. The Labute approximate surface area is 133 Å². The van der Waals surface area contributed by atoms with E-state index < -0.39 is 0 Å². The number of rotatable bonds is 5. The van der Waals surface area contributed by atoms with Crippen LogP contribution in [-0.2, 0) is 0 Å². The first-order valence-electron chi connectivity index (χ1n) is 6.94. The molecule has 0 aromatic heterocycles. The fourth-order valence-electron chi connectivity index (χ4n) is 2.03. The summed E-state index contributed by atoms with van der Waals surface area (Å²) < 4.78 is 19.8. The summed E-state index contributed by atoms with van der Waals surface area (Å²) in [7, 11) is 0. The molecule has 2 rings (SSSR count). The van der Waals surface area contributed by atoms with Gasteiger partial charge in [0.15, 0.2) is 0 Å². The molecule has 0 aliphatic carbocycles. The molecule has 0 saturated carbocycles. The number of nitrogens with one attached hydrogen (secondary N) is 1. The first-order chi connectivity index (χ1) is 9.95. The third-order valence-corrected chi connectivity index (χ3v) is 3.74.